The molecule has 3 heteroatoms. The number of ether oxygens (including phenoxy) is 1. The Labute approximate surface area is 127 Å². The molecule has 0 amide bonds. The number of nitrogens with zero attached hydrogens (tertiary/aromatic N) is 1. The molecule has 0 radical (unpaired) electrons. The minimum atomic E-state index is 0.851. The molecule has 3 unspecified atom stereocenters. The monoisotopic (exact) mass is 286 g/mol. The van der Waals surface area contributed by atoms with E-state index in [2.05, 4.69) is 34.5 Å². The second kappa shape index (κ2) is 5.88. The van der Waals surface area contributed by atoms with Gasteiger partial charge in [0.1, 0.15) is 0 Å². The van der Waals surface area contributed by atoms with E-state index in [1.165, 1.54) is 37.1 Å². The smallest absolute Gasteiger partial charge is 0.0642 e. The van der Waals surface area contributed by atoms with E-state index in [9.17, 15) is 0 Å². The molecule has 1 N–H and O–H groups in total. The summed E-state index contributed by atoms with van der Waals surface area (Å²) in [7, 11) is 0. The topological polar surface area (TPSA) is 24.5 Å². The zero-order valence-electron chi connectivity index (χ0n) is 12.8. The summed E-state index contributed by atoms with van der Waals surface area (Å²) in [5.74, 6) is 2.98. The van der Waals surface area contributed by atoms with Crippen LogP contribution < -0.4 is 10.2 Å². The highest BCUT2D eigenvalue weighted by Gasteiger charge is 2.38. The van der Waals surface area contributed by atoms with E-state index in [0.29, 0.717) is 0 Å². The van der Waals surface area contributed by atoms with Crippen LogP contribution in [0.1, 0.15) is 25.7 Å². The summed E-state index contributed by atoms with van der Waals surface area (Å²) in [5.41, 5.74) is 2.60. The molecule has 1 saturated heterocycles. The molecule has 0 spiro atoms. The van der Waals surface area contributed by atoms with Crippen LogP contribution in [-0.2, 0) is 4.74 Å². The van der Waals surface area contributed by atoms with Crippen molar-refractivity contribution in [1.82, 2.24) is 0 Å². The van der Waals surface area contributed by atoms with Crippen molar-refractivity contribution in [2.24, 2.45) is 17.8 Å². The number of fused-ring (bicyclic) bond motifs is 2. The summed E-state index contributed by atoms with van der Waals surface area (Å²) >= 11 is 0. The van der Waals surface area contributed by atoms with Crippen molar-refractivity contribution in [3.05, 3.63) is 24.3 Å². The second-order valence-corrected chi connectivity index (χ2v) is 6.96. The lowest BCUT2D eigenvalue weighted by Gasteiger charge is -2.29. The molecule has 4 rings (SSSR count). The van der Waals surface area contributed by atoms with Gasteiger partial charge in [0.25, 0.3) is 0 Å². The number of morpholine rings is 1. The summed E-state index contributed by atoms with van der Waals surface area (Å²) in [6.45, 7) is 4.89. The molecule has 1 heterocycles. The highest BCUT2D eigenvalue weighted by molar-refractivity contribution is 5.55. The summed E-state index contributed by atoms with van der Waals surface area (Å²) in [4.78, 5) is 2.41. The first kappa shape index (κ1) is 13.4. The molecule has 21 heavy (non-hydrogen) atoms. The molecular weight excluding hydrogens is 260 g/mol. The third-order valence-corrected chi connectivity index (χ3v) is 5.70. The van der Waals surface area contributed by atoms with E-state index >= 15 is 0 Å². The van der Waals surface area contributed by atoms with Gasteiger partial charge in [-0.25, -0.2) is 0 Å². The Hall–Kier alpha value is -1.22. The summed E-state index contributed by atoms with van der Waals surface area (Å²) < 4.78 is 5.41. The highest BCUT2D eigenvalue weighted by atomic mass is 16.5. The predicted molar refractivity (Wildman–Crippen MR) is 86.9 cm³/mol. The van der Waals surface area contributed by atoms with Crippen molar-refractivity contribution >= 4 is 11.4 Å². The normalized spacial score (nSPS) is 31.6. The molecule has 3 fully saturated rings. The van der Waals surface area contributed by atoms with Gasteiger partial charge in [0, 0.05) is 31.0 Å². The van der Waals surface area contributed by atoms with Crippen LogP contribution in [0.5, 0.6) is 0 Å². The largest absolute Gasteiger partial charge is 0.385 e. The fourth-order valence-corrected chi connectivity index (χ4v) is 4.49. The summed E-state index contributed by atoms with van der Waals surface area (Å²) in [5, 5.41) is 3.66. The van der Waals surface area contributed by atoms with Gasteiger partial charge in [0.2, 0.25) is 0 Å². The van der Waals surface area contributed by atoms with Crippen molar-refractivity contribution < 1.29 is 4.74 Å². The molecule has 2 aliphatic carbocycles. The van der Waals surface area contributed by atoms with Gasteiger partial charge in [-0.1, -0.05) is 6.42 Å². The molecule has 1 aromatic rings. The number of nitrogens with one attached hydrogen (secondary N) is 1. The summed E-state index contributed by atoms with van der Waals surface area (Å²) in [6.07, 6.45) is 5.94. The van der Waals surface area contributed by atoms with Crippen molar-refractivity contribution in [2.75, 3.05) is 43.1 Å². The molecule has 1 aromatic carbocycles. The van der Waals surface area contributed by atoms with E-state index in [0.717, 1.165) is 50.6 Å². The van der Waals surface area contributed by atoms with Crippen LogP contribution in [-0.4, -0.2) is 32.8 Å². The molecule has 1 aliphatic heterocycles. The van der Waals surface area contributed by atoms with Crippen molar-refractivity contribution in [1.29, 1.82) is 0 Å². The van der Waals surface area contributed by atoms with Crippen LogP contribution in [0.4, 0.5) is 11.4 Å². The fourth-order valence-electron chi connectivity index (χ4n) is 4.49. The maximum absolute atomic E-state index is 5.41. The molecular formula is C18H26N2O. The van der Waals surface area contributed by atoms with Crippen LogP contribution in [0.3, 0.4) is 0 Å². The molecule has 3 nitrogen and oxygen atoms in total. The van der Waals surface area contributed by atoms with Gasteiger partial charge in [-0.15, -0.1) is 0 Å². The second-order valence-electron chi connectivity index (χ2n) is 6.96. The lowest BCUT2D eigenvalue weighted by atomic mass is 9.89. The first-order valence-corrected chi connectivity index (χ1v) is 8.55. The maximum Gasteiger partial charge on any atom is 0.0642 e. The average molecular weight is 286 g/mol. The zero-order chi connectivity index (χ0) is 14.1. The molecule has 2 bridgehead atoms. The first-order chi connectivity index (χ1) is 10.4. The molecule has 114 valence electrons. The third-order valence-electron chi connectivity index (χ3n) is 5.70. The quantitative estimate of drug-likeness (QED) is 0.918. The van der Waals surface area contributed by atoms with Crippen molar-refractivity contribution in [2.45, 2.75) is 25.7 Å². The van der Waals surface area contributed by atoms with Crippen molar-refractivity contribution in [3.63, 3.8) is 0 Å². The standard InChI is InChI=1S/C18H26N2O/c1-2-15-11-14(1)12-16(15)13-19-17-3-5-18(6-4-17)20-7-9-21-10-8-20/h3-6,14-16,19H,1-2,7-13H2. The van der Waals surface area contributed by atoms with Crippen LogP contribution >= 0.6 is 0 Å². The van der Waals surface area contributed by atoms with Crippen LogP contribution in [0, 0.1) is 17.8 Å². The third kappa shape index (κ3) is 2.89. The summed E-state index contributed by atoms with van der Waals surface area (Å²) in [6, 6.07) is 8.96. The molecule has 0 aromatic heterocycles. The van der Waals surface area contributed by atoms with E-state index in [1.807, 2.05) is 0 Å². The number of hydrogen-bond donors (Lipinski definition) is 1. The Kier molecular flexibility index (Phi) is 3.76. The Morgan fingerprint density at radius 1 is 1.05 bits per heavy atom. The SMILES string of the molecule is c1cc(N2CCOCC2)ccc1NCC1CC2CCC1C2. The van der Waals surface area contributed by atoms with E-state index < -0.39 is 0 Å². The average Bonchev–Trinajstić information content (AvgIpc) is 3.17. The highest BCUT2D eigenvalue weighted by Crippen LogP contribution is 2.48. The van der Waals surface area contributed by atoms with Crippen LogP contribution in [0.25, 0.3) is 0 Å². The van der Waals surface area contributed by atoms with Crippen molar-refractivity contribution in [3.8, 4) is 0 Å². The van der Waals surface area contributed by atoms with Crippen LogP contribution in [0.15, 0.2) is 24.3 Å². The lowest BCUT2D eigenvalue weighted by Crippen LogP contribution is -2.36. The van der Waals surface area contributed by atoms with Gasteiger partial charge in [-0.3, -0.25) is 0 Å². The van der Waals surface area contributed by atoms with Gasteiger partial charge in [0.15, 0.2) is 0 Å². The maximum atomic E-state index is 5.41. The lowest BCUT2D eigenvalue weighted by molar-refractivity contribution is 0.122. The Morgan fingerprint density at radius 3 is 2.52 bits per heavy atom. The van der Waals surface area contributed by atoms with Gasteiger partial charge in [-0.2, -0.15) is 0 Å². The van der Waals surface area contributed by atoms with Gasteiger partial charge < -0.3 is 15.0 Å². The van der Waals surface area contributed by atoms with Gasteiger partial charge in [0.05, 0.1) is 13.2 Å². The van der Waals surface area contributed by atoms with E-state index in [1.54, 1.807) is 0 Å². The van der Waals surface area contributed by atoms with Gasteiger partial charge in [-0.05, 0) is 61.3 Å². The fraction of sp³-hybridized carbons (Fsp3) is 0.667. The Morgan fingerprint density at radius 2 is 1.86 bits per heavy atom. The number of rotatable bonds is 4. The zero-order valence-corrected chi connectivity index (χ0v) is 12.8. The van der Waals surface area contributed by atoms with E-state index in [4.69, 9.17) is 4.74 Å². The van der Waals surface area contributed by atoms with Crippen LogP contribution in [0.2, 0.25) is 0 Å². The first-order valence-electron chi connectivity index (χ1n) is 8.55. The minimum absolute atomic E-state index is 0.851. The molecule has 3 aliphatic rings. The molecule has 2 saturated carbocycles. The Balaban J connectivity index is 1.31. The number of benzene rings is 1. The van der Waals surface area contributed by atoms with E-state index in [-0.39, 0.29) is 0 Å². The number of anilines is 2. The predicted octanol–water partition coefficient (Wildman–Crippen LogP) is 3.37. The minimum Gasteiger partial charge on any atom is -0.385 e. The molecule has 3 atom stereocenters. The van der Waals surface area contributed by atoms with Gasteiger partial charge >= 0.3 is 0 Å². The Bertz CT molecular complexity index is 467. The number of hydrogen-bond acceptors (Lipinski definition) is 3.